The van der Waals surface area contributed by atoms with E-state index >= 15 is 0 Å². The summed E-state index contributed by atoms with van der Waals surface area (Å²) in [6, 6.07) is 10.1. The Labute approximate surface area is 150 Å². The Bertz CT molecular complexity index is 958. The van der Waals surface area contributed by atoms with Crippen LogP contribution in [-0.4, -0.2) is 27.5 Å². The summed E-state index contributed by atoms with van der Waals surface area (Å²) >= 11 is 0. The van der Waals surface area contributed by atoms with E-state index in [0.29, 0.717) is 31.1 Å². The third-order valence-electron chi connectivity index (χ3n) is 4.48. The zero-order valence-electron chi connectivity index (χ0n) is 13.6. The van der Waals surface area contributed by atoms with E-state index in [4.69, 9.17) is 9.47 Å². The van der Waals surface area contributed by atoms with Crippen molar-refractivity contribution in [2.75, 3.05) is 13.2 Å². The van der Waals surface area contributed by atoms with Crippen molar-refractivity contribution in [3.8, 4) is 11.5 Å². The van der Waals surface area contributed by atoms with Crippen LogP contribution < -0.4 is 14.2 Å². The average molecular weight is 377 g/mol. The molecule has 2 aliphatic rings. The van der Waals surface area contributed by atoms with Crippen LogP contribution in [0, 0.1) is 11.7 Å². The second-order valence-corrected chi connectivity index (χ2v) is 7.96. The van der Waals surface area contributed by atoms with Gasteiger partial charge in [0, 0.05) is 12.0 Å². The second kappa shape index (κ2) is 6.28. The molecule has 4 rings (SSSR count). The first-order valence-corrected chi connectivity index (χ1v) is 9.64. The number of hydrogen-bond donors (Lipinski definition) is 1. The Hall–Kier alpha value is -2.61. The number of sulfonamides is 1. The van der Waals surface area contributed by atoms with Crippen LogP contribution in [0.5, 0.6) is 11.5 Å². The maximum atomic E-state index is 13.0. The van der Waals surface area contributed by atoms with Gasteiger partial charge in [-0.15, -0.1) is 0 Å². The van der Waals surface area contributed by atoms with Crippen molar-refractivity contribution in [2.45, 2.75) is 17.2 Å². The minimum absolute atomic E-state index is 0.0610. The second-order valence-electron chi connectivity index (χ2n) is 6.28. The Balaban J connectivity index is 1.46. The smallest absolute Gasteiger partial charge is 0.264 e. The molecule has 0 bridgehead atoms. The van der Waals surface area contributed by atoms with Crippen molar-refractivity contribution in [1.29, 1.82) is 0 Å². The van der Waals surface area contributed by atoms with E-state index in [9.17, 15) is 17.6 Å². The first-order chi connectivity index (χ1) is 12.4. The molecule has 6 nitrogen and oxygen atoms in total. The standard InChI is InChI=1S/C18H16FNO5S/c19-12-3-1-11(2-4-12)14-10-15(14)18(21)20-26(22,23)13-5-6-16-17(9-13)25-8-7-24-16/h1-6,9,14-15H,7-8,10H2,(H,20,21)/t14-,15+/m0/s1. The fraction of sp³-hybridized carbons (Fsp3) is 0.278. The lowest BCUT2D eigenvalue weighted by atomic mass is 10.1. The number of ether oxygens (including phenoxy) is 2. The highest BCUT2D eigenvalue weighted by Crippen LogP contribution is 2.47. The number of amides is 1. The number of benzene rings is 2. The molecule has 1 amide bonds. The highest BCUT2D eigenvalue weighted by molar-refractivity contribution is 7.90. The first-order valence-electron chi connectivity index (χ1n) is 8.16. The molecule has 0 unspecified atom stereocenters. The number of carbonyl (C=O) groups is 1. The van der Waals surface area contributed by atoms with Gasteiger partial charge in [0.15, 0.2) is 11.5 Å². The zero-order valence-corrected chi connectivity index (χ0v) is 14.5. The zero-order chi connectivity index (χ0) is 18.3. The summed E-state index contributed by atoms with van der Waals surface area (Å²) in [5.74, 6) is -0.633. The van der Waals surface area contributed by atoms with Crippen molar-refractivity contribution in [2.24, 2.45) is 5.92 Å². The number of rotatable bonds is 4. The van der Waals surface area contributed by atoms with E-state index < -0.39 is 21.8 Å². The van der Waals surface area contributed by atoms with Crippen LogP contribution in [0.3, 0.4) is 0 Å². The summed E-state index contributed by atoms with van der Waals surface area (Å²) in [7, 11) is -4.01. The van der Waals surface area contributed by atoms with Gasteiger partial charge < -0.3 is 9.47 Å². The van der Waals surface area contributed by atoms with Crippen molar-refractivity contribution in [1.82, 2.24) is 4.72 Å². The lowest BCUT2D eigenvalue weighted by Crippen LogP contribution is -2.32. The van der Waals surface area contributed by atoms with Crippen LogP contribution in [0.1, 0.15) is 17.9 Å². The highest BCUT2D eigenvalue weighted by Gasteiger charge is 2.45. The molecule has 2 aromatic rings. The van der Waals surface area contributed by atoms with Crippen molar-refractivity contribution in [3.63, 3.8) is 0 Å². The Kier molecular flexibility index (Phi) is 4.07. The van der Waals surface area contributed by atoms with E-state index in [1.807, 2.05) is 0 Å². The molecule has 0 radical (unpaired) electrons. The van der Waals surface area contributed by atoms with Gasteiger partial charge in [-0.2, -0.15) is 0 Å². The number of halogens is 1. The van der Waals surface area contributed by atoms with Crippen molar-refractivity contribution in [3.05, 3.63) is 53.8 Å². The normalized spacial score (nSPS) is 21.1. The van der Waals surface area contributed by atoms with Gasteiger partial charge in [0.25, 0.3) is 10.0 Å². The highest BCUT2D eigenvalue weighted by atomic mass is 32.2. The summed E-state index contributed by atoms with van der Waals surface area (Å²) in [6.07, 6.45) is 0.536. The van der Waals surface area contributed by atoms with Gasteiger partial charge >= 0.3 is 0 Å². The third-order valence-corrected chi connectivity index (χ3v) is 5.83. The fourth-order valence-corrected chi connectivity index (χ4v) is 4.06. The quantitative estimate of drug-likeness (QED) is 0.883. The van der Waals surface area contributed by atoms with Gasteiger partial charge in [-0.05, 0) is 42.2 Å². The predicted octanol–water partition coefficient (Wildman–Crippen LogP) is 2.21. The lowest BCUT2D eigenvalue weighted by molar-refractivity contribution is -0.120. The number of hydrogen-bond acceptors (Lipinski definition) is 5. The van der Waals surface area contributed by atoms with Gasteiger partial charge in [-0.3, -0.25) is 4.79 Å². The maximum Gasteiger partial charge on any atom is 0.264 e. The molecule has 1 aliphatic heterocycles. The van der Waals surface area contributed by atoms with Crippen molar-refractivity contribution < 1.29 is 27.1 Å². The Morgan fingerprint density at radius 1 is 1.04 bits per heavy atom. The van der Waals surface area contributed by atoms with Gasteiger partial charge in [-0.1, -0.05) is 12.1 Å². The molecule has 8 heteroatoms. The van der Waals surface area contributed by atoms with E-state index in [1.165, 1.54) is 30.3 Å². The fourth-order valence-electron chi connectivity index (χ4n) is 3.02. The average Bonchev–Trinajstić information content (AvgIpc) is 3.42. The molecule has 1 heterocycles. The molecule has 1 aliphatic carbocycles. The number of fused-ring (bicyclic) bond motifs is 1. The molecule has 2 atom stereocenters. The molecule has 136 valence electrons. The molecule has 1 fully saturated rings. The van der Waals surface area contributed by atoms with Gasteiger partial charge in [0.05, 0.1) is 4.90 Å². The first kappa shape index (κ1) is 16.8. The van der Waals surface area contributed by atoms with E-state index in [2.05, 4.69) is 4.72 Å². The molecule has 0 saturated heterocycles. The predicted molar refractivity (Wildman–Crippen MR) is 90.0 cm³/mol. The minimum Gasteiger partial charge on any atom is -0.486 e. The van der Waals surface area contributed by atoms with Crippen LogP contribution in [0.15, 0.2) is 47.4 Å². The van der Waals surface area contributed by atoms with Crippen LogP contribution >= 0.6 is 0 Å². The number of nitrogens with one attached hydrogen (secondary N) is 1. The van der Waals surface area contributed by atoms with Gasteiger partial charge in [0.1, 0.15) is 19.0 Å². The van der Waals surface area contributed by atoms with Crippen LogP contribution in [0.25, 0.3) is 0 Å². The minimum atomic E-state index is -4.01. The maximum absolute atomic E-state index is 13.0. The van der Waals surface area contributed by atoms with E-state index in [1.54, 1.807) is 12.1 Å². The molecule has 1 saturated carbocycles. The molecular formula is C18H16FNO5S. The SMILES string of the molecule is O=C(NS(=O)(=O)c1ccc2c(c1)OCCO2)[C@@H]1C[C@H]1c1ccc(F)cc1. The van der Waals surface area contributed by atoms with E-state index in [-0.39, 0.29) is 16.6 Å². The van der Waals surface area contributed by atoms with Crippen LogP contribution in [-0.2, 0) is 14.8 Å². The Morgan fingerprint density at radius 3 is 2.46 bits per heavy atom. The largest absolute Gasteiger partial charge is 0.486 e. The molecule has 26 heavy (non-hydrogen) atoms. The van der Waals surface area contributed by atoms with E-state index in [0.717, 1.165) is 5.56 Å². The molecule has 1 N–H and O–H groups in total. The lowest BCUT2D eigenvalue weighted by Gasteiger charge is -2.18. The molecule has 0 aromatic heterocycles. The van der Waals surface area contributed by atoms with Gasteiger partial charge in [-0.25, -0.2) is 17.5 Å². The van der Waals surface area contributed by atoms with Crippen LogP contribution in [0.4, 0.5) is 4.39 Å². The summed E-state index contributed by atoms with van der Waals surface area (Å²) in [5.41, 5.74) is 0.822. The monoisotopic (exact) mass is 377 g/mol. The molecule has 0 spiro atoms. The third kappa shape index (κ3) is 3.24. The summed E-state index contributed by atoms with van der Waals surface area (Å²) in [6.45, 7) is 0.743. The molecule has 2 aromatic carbocycles. The summed E-state index contributed by atoms with van der Waals surface area (Å²) < 4.78 is 50.8. The van der Waals surface area contributed by atoms with Crippen molar-refractivity contribution >= 4 is 15.9 Å². The topological polar surface area (TPSA) is 81.7 Å². The van der Waals surface area contributed by atoms with Gasteiger partial charge in [0.2, 0.25) is 5.91 Å². The summed E-state index contributed by atoms with van der Waals surface area (Å²) in [4.78, 5) is 12.3. The van der Waals surface area contributed by atoms with Crippen LogP contribution in [0.2, 0.25) is 0 Å². The summed E-state index contributed by atoms with van der Waals surface area (Å²) in [5, 5.41) is 0. The number of carbonyl (C=O) groups excluding carboxylic acids is 1. The Morgan fingerprint density at radius 2 is 1.73 bits per heavy atom. The molecular weight excluding hydrogens is 361 g/mol.